The summed E-state index contributed by atoms with van der Waals surface area (Å²) in [4.78, 5) is 9.96. The predicted octanol–water partition coefficient (Wildman–Crippen LogP) is 3.14. The maximum Gasteiger partial charge on any atom is 0.183 e. The molecule has 1 N–H and O–H groups in total. The van der Waals surface area contributed by atoms with Gasteiger partial charge in [0.05, 0.1) is 6.04 Å². The lowest BCUT2D eigenvalue weighted by atomic mass is 10.2. The van der Waals surface area contributed by atoms with Crippen LogP contribution in [0.2, 0.25) is 0 Å². The van der Waals surface area contributed by atoms with Gasteiger partial charge in [-0.15, -0.1) is 0 Å². The average Bonchev–Trinajstić information content (AvgIpc) is 2.81. The molecule has 1 aromatic rings. The lowest BCUT2D eigenvalue weighted by molar-refractivity contribution is -0.00143. The second kappa shape index (κ2) is 4.67. The van der Waals surface area contributed by atoms with Crippen LogP contribution in [-0.4, -0.2) is 27.0 Å². The van der Waals surface area contributed by atoms with Gasteiger partial charge in [0.1, 0.15) is 11.4 Å². The first kappa shape index (κ1) is 13.0. The maximum atomic E-state index is 5.87. The fourth-order valence-electron chi connectivity index (χ4n) is 2.36. The van der Waals surface area contributed by atoms with E-state index in [4.69, 9.17) is 4.74 Å². The Hall–Kier alpha value is -1.45. The number of aromatic nitrogens is 2. The van der Waals surface area contributed by atoms with Gasteiger partial charge in [-0.1, -0.05) is 0 Å². The molecule has 2 heterocycles. The van der Waals surface area contributed by atoms with Crippen LogP contribution in [0.15, 0.2) is 18.7 Å². The number of aryl methyl sites for hydroxylation is 1. The molecule has 4 heteroatoms. The molecule has 0 radical (unpaired) electrons. The number of likely N-dealkylation sites (tertiary alicyclic amines) is 1. The number of nitrogens with zero attached hydrogens (tertiary/aromatic N) is 2. The molecule has 1 atom stereocenters. The van der Waals surface area contributed by atoms with Crippen molar-refractivity contribution in [1.29, 1.82) is 0 Å². The first-order valence-electron chi connectivity index (χ1n) is 6.53. The van der Waals surface area contributed by atoms with Gasteiger partial charge in [-0.05, 0) is 47.1 Å². The second-order valence-corrected chi connectivity index (χ2v) is 5.91. The number of aromatic amines is 1. The largest absolute Gasteiger partial charge is 0.474 e. The van der Waals surface area contributed by atoms with Gasteiger partial charge in [-0.25, -0.2) is 4.98 Å². The summed E-state index contributed by atoms with van der Waals surface area (Å²) >= 11 is 0. The van der Waals surface area contributed by atoms with Crippen molar-refractivity contribution in [2.24, 2.45) is 0 Å². The van der Waals surface area contributed by atoms with Crippen molar-refractivity contribution in [2.45, 2.75) is 52.2 Å². The summed E-state index contributed by atoms with van der Waals surface area (Å²) in [6.45, 7) is 13.2. The van der Waals surface area contributed by atoms with Crippen LogP contribution in [0.25, 0.3) is 0 Å². The van der Waals surface area contributed by atoms with Gasteiger partial charge < -0.3 is 14.6 Å². The lowest BCUT2D eigenvalue weighted by Gasteiger charge is -2.31. The molecular weight excluding hydrogens is 226 g/mol. The Kier molecular flexibility index (Phi) is 3.37. The van der Waals surface area contributed by atoms with Gasteiger partial charge >= 0.3 is 0 Å². The number of H-pyrrole nitrogens is 1. The van der Waals surface area contributed by atoms with E-state index in [0.29, 0.717) is 0 Å². The minimum Gasteiger partial charge on any atom is -0.474 e. The van der Waals surface area contributed by atoms with Gasteiger partial charge in [0.25, 0.3) is 0 Å². The van der Waals surface area contributed by atoms with Crippen LogP contribution in [0.3, 0.4) is 0 Å². The van der Waals surface area contributed by atoms with E-state index in [0.717, 1.165) is 36.8 Å². The van der Waals surface area contributed by atoms with Crippen molar-refractivity contribution < 1.29 is 4.74 Å². The van der Waals surface area contributed by atoms with E-state index in [1.54, 1.807) is 0 Å². The molecule has 0 aliphatic carbocycles. The summed E-state index contributed by atoms with van der Waals surface area (Å²) in [5, 5.41) is 0. The quantitative estimate of drug-likeness (QED) is 0.837. The molecular formula is C14H23N3O. The fourth-order valence-corrected chi connectivity index (χ4v) is 2.36. The van der Waals surface area contributed by atoms with Crippen molar-refractivity contribution in [3.05, 3.63) is 30.2 Å². The Morgan fingerprint density at radius 3 is 2.83 bits per heavy atom. The third-order valence-electron chi connectivity index (χ3n) is 3.04. The van der Waals surface area contributed by atoms with Crippen LogP contribution in [0.1, 0.15) is 51.2 Å². The van der Waals surface area contributed by atoms with Crippen molar-refractivity contribution >= 4 is 0 Å². The van der Waals surface area contributed by atoms with Crippen LogP contribution in [0.5, 0.6) is 0 Å². The third-order valence-corrected chi connectivity index (χ3v) is 3.04. The molecule has 1 aromatic heterocycles. The van der Waals surface area contributed by atoms with E-state index in [-0.39, 0.29) is 11.6 Å². The van der Waals surface area contributed by atoms with E-state index in [2.05, 4.69) is 21.4 Å². The first-order chi connectivity index (χ1) is 8.37. The number of ether oxygens (including phenoxy) is 1. The molecule has 1 fully saturated rings. The zero-order chi connectivity index (χ0) is 13.3. The molecule has 0 aromatic carbocycles. The molecule has 1 saturated heterocycles. The molecule has 2 rings (SSSR count). The van der Waals surface area contributed by atoms with Gasteiger partial charge in [0.15, 0.2) is 5.88 Å². The Labute approximate surface area is 109 Å². The highest BCUT2D eigenvalue weighted by Gasteiger charge is 2.31. The van der Waals surface area contributed by atoms with Crippen LogP contribution >= 0.6 is 0 Å². The molecule has 0 spiro atoms. The van der Waals surface area contributed by atoms with Crippen molar-refractivity contribution in [2.75, 3.05) is 6.54 Å². The zero-order valence-electron chi connectivity index (χ0n) is 11.8. The van der Waals surface area contributed by atoms with Crippen LogP contribution in [-0.2, 0) is 4.74 Å². The summed E-state index contributed by atoms with van der Waals surface area (Å²) in [7, 11) is 0. The topological polar surface area (TPSA) is 41.1 Å². The molecule has 18 heavy (non-hydrogen) atoms. The summed E-state index contributed by atoms with van der Waals surface area (Å²) in [6.07, 6.45) is 4.12. The second-order valence-electron chi connectivity index (χ2n) is 5.91. The van der Waals surface area contributed by atoms with E-state index in [1.807, 2.05) is 33.9 Å². The standard InChI is InChI=1S/C14H23N3O/c1-10-9-15-13(16-10)12-7-6-8-17(12)11(2)18-14(3,4)5/h9,12H,2,6-8H2,1,3-5H3,(H,15,16)/t12-/m0/s1. The number of imidazole rings is 1. The predicted molar refractivity (Wildman–Crippen MR) is 72.0 cm³/mol. The number of rotatable bonds is 3. The number of hydrogen-bond acceptors (Lipinski definition) is 3. The number of nitrogens with one attached hydrogen (secondary N) is 1. The van der Waals surface area contributed by atoms with Gasteiger partial charge in [-0.3, -0.25) is 0 Å². The Morgan fingerprint density at radius 2 is 2.28 bits per heavy atom. The molecule has 1 aliphatic heterocycles. The monoisotopic (exact) mass is 249 g/mol. The average molecular weight is 249 g/mol. The molecule has 1 aliphatic rings. The Balaban J connectivity index is 2.10. The number of hydrogen-bond donors (Lipinski definition) is 1. The summed E-state index contributed by atoms with van der Waals surface area (Å²) in [5.74, 6) is 1.77. The molecule has 0 amide bonds. The minimum absolute atomic E-state index is 0.205. The smallest absolute Gasteiger partial charge is 0.183 e. The first-order valence-corrected chi connectivity index (χ1v) is 6.53. The highest BCUT2D eigenvalue weighted by Crippen LogP contribution is 2.34. The highest BCUT2D eigenvalue weighted by atomic mass is 16.5. The molecule has 0 saturated carbocycles. The van der Waals surface area contributed by atoms with E-state index in [9.17, 15) is 0 Å². The highest BCUT2D eigenvalue weighted by molar-refractivity contribution is 5.08. The molecule has 0 unspecified atom stereocenters. The van der Waals surface area contributed by atoms with Crippen LogP contribution < -0.4 is 0 Å². The lowest BCUT2D eigenvalue weighted by Crippen LogP contribution is -2.29. The SMILES string of the molecule is C=C(OC(C)(C)C)N1CCC[C@H]1c1ncc(C)[nH]1. The zero-order valence-corrected chi connectivity index (χ0v) is 11.8. The van der Waals surface area contributed by atoms with Crippen molar-refractivity contribution in [1.82, 2.24) is 14.9 Å². The van der Waals surface area contributed by atoms with Crippen molar-refractivity contribution in [3.63, 3.8) is 0 Å². The Bertz CT molecular complexity index is 430. The van der Waals surface area contributed by atoms with Crippen LogP contribution in [0, 0.1) is 6.92 Å². The summed E-state index contributed by atoms with van der Waals surface area (Å²) < 4.78 is 5.87. The summed E-state index contributed by atoms with van der Waals surface area (Å²) in [5.41, 5.74) is 0.891. The minimum atomic E-state index is -0.205. The van der Waals surface area contributed by atoms with Gasteiger partial charge in [-0.2, -0.15) is 0 Å². The summed E-state index contributed by atoms with van der Waals surface area (Å²) in [6, 6.07) is 0.272. The normalized spacial score (nSPS) is 20.2. The Morgan fingerprint density at radius 1 is 1.56 bits per heavy atom. The van der Waals surface area contributed by atoms with E-state index in [1.165, 1.54) is 0 Å². The molecule has 0 bridgehead atoms. The van der Waals surface area contributed by atoms with E-state index >= 15 is 0 Å². The molecule has 4 nitrogen and oxygen atoms in total. The fraction of sp³-hybridized carbons (Fsp3) is 0.643. The molecule has 100 valence electrons. The maximum absolute atomic E-state index is 5.87. The van der Waals surface area contributed by atoms with Gasteiger partial charge in [0.2, 0.25) is 0 Å². The third kappa shape index (κ3) is 2.86. The van der Waals surface area contributed by atoms with Gasteiger partial charge in [0, 0.05) is 18.4 Å². The van der Waals surface area contributed by atoms with Crippen molar-refractivity contribution in [3.8, 4) is 0 Å². The van der Waals surface area contributed by atoms with Crippen LogP contribution in [0.4, 0.5) is 0 Å². The van der Waals surface area contributed by atoms with E-state index < -0.39 is 0 Å².